The summed E-state index contributed by atoms with van der Waals surface area (Å²) in [4.78, 5) is 15.2. The molecule has 1 amide bonds. The zero-order valence-electron chi connectivity index (χ0n) is 16.4. The van der Waals surface area contributed by atoms with Gasteiger partial charge in [-0.15, -0.1) is 0 Å². The van der Waals surface area contributed by atoms with Crippen LogP contribution < -0.4 is 9.47 Å². The molecule has 0 aromatic heterocycles. The van der Waals surface area contributed by atoms with Gasteiger partial charge in [0, 0.05) is 11.6 Å². The highest BCUT2D eigenvalue weighted by atomic mass is 16.5. The minimum atomic E-state index is -0.103. The van der Waals surface area contributed by atoms with E-state index in [1.807, 2.05) is 41.3 Å². The number of rotatable bonds is 6. The van der Waals surface area contributed by atoms with E-state index in [1.54, 1.807) is 14.2 Å². The zero-order valence-corrected chi connectivity index (χ0v) is 16.4. The summed E-state index contributed by atoms with van der Waals surface area (Å²) in [6.07, 6.45) is 4.21. The fourth-order valence-electron chi connectivity index (χ4n) is 3.53. The zero-order chi connectivity index (χ0) is 19.4. The van der Waals surface area contributed by atoms with Crippen molar-refractivity contribution in [3.63, 3.8) is 0 Å². The monoisotopic (exact) mass is 365 g/mol. The number of nitrogens with zero attached hydrogens (tertiary/aromatic N) is 1. The van der Waals surface area contributed by atoms with Crippen LogP contribution in [-0.2, 0) is 11.3 Å². The lowest BCUT2D eigenvalue weighted by atomic mass is 9.87. The lowest BCUT2D eigenvalue weighted by Gasteiger charge is -2.37. The van der Waals surface area contributed by atoms with Crippen molar-refractivity contribution < 1.29 is 14.3 Å². The molecule has 0 radical (unpaired) electrons. The molecule has 0 saturated heterocycles. The predicted molar refractivity (Wildman–Crippen MR) is 107 cm³/mol. The molecule has 0 saturated carbocycles. The summed E-state index contributed by atoms with van der Waals surface area (Å²) in [6.45, 7) is 4.66. The molecule has 1 heterocycles. The van der Waals surface area contributed by atoms with Crippen LogP contribution in [0.25, 0.3) is 0 Å². The van der Waals surface area contributed by atoms with Crippen molar-refractivity contribution in [3.05, 3.63) is 71.8 Å². The first-order chi connectivity index (χ1) is 13.0. The van der Waals surface area contributed by atoms with Gasteiger partial charge < -0.3 is 14.4 Å². The Balaban J connectivity index is 1.98. The molecule has 0 unspecified atom stereocenters. The van der Waals surface area contributed by atoms with Crippen LogP contribution in [0.5, 0.6) is 11.5 Å². The van der Waals surface area contributed by atoms with E-state index >= 15 is 0 Å². The smallest absolute Gasteiger partial charge is 0.230 e. The number of benzene rings is 2. The molecular formula is C23H27NO3. The highest BCUT2D eigenvalue weighted by Crippen LogP contribution is 2.35. The number of carbonyl (C=O) groups is 1. The summed E-state index contributed by atoms with van der Waals surface area (Å²) >= 11 is 0. The molecule has 0 fully saturated rings. The van der Waals surface area contributed by atoms with E-state index in [0.717, 1.165) is 22.6 Å². The maximum atomic E-state index is 13.3. The largest absolute Gasteiger partial charge is 0.497 e. The number of carbonyl (C=O) groups excluding carboxylic acids is 1. The van der Waals surface area contributed by atoms with Gasteiger partial charge in [-0.2, -0.15) is 0 Å². The maximum Gasteiger partial charge on any atom is 0.230 e. The van der Waals surface area contributed by atoms with Crippen LogP contribution in [0.3, 0.4) is 0 Å². The Morgan fingerprint density at radius 3 is 2.37 bits per heavy atom. The third-order valence-corrected chi connectivity index (χ3v) is 5.10. The summed E-state index contributed by atoms with van der Waals surface area (Å²) in [5, 5.41) is 0. The molecule has 1 aliphatic rings. The quantitative estimate of drug-likeness (QED) is 0.702. The standard InChI is InChI=1S/C23H27NO3/c1-16(2)20-12-13-21(17-8-6-5-7-9-17)24(23(20)25)15-18-10-11-19(26-3)14-22(18)27-4/h5-14,16,20-21H,15H2,1-4H3/t20-,21-/m1/s1. The molecule has 1 aliphatic heterocycles. The molecule has 0 N–H and O–H groups in total. The van der Waals surface area contributed by atoms with Gasteiger partial charge in [0.15, 0.2) is 0 Å². The third kappa shape index (κ3) is 4.00. The van der Waals surface area contributed by atoms with E-state index < -0.39 is 0 Å². The minimum Gasteiger partial charge on any atom is -0.497 e. The molecule has 2 aromatic carbocycles. The van der Waals surface area contributed by atoms with Gasteiger partial charge in [-0.1, -0.05) is 56.3 Å². The van der Waals surface area contributed by atoms with Crippen LogP contribution in [0, 0.1) is 11.8 Å². The molecule has 2 atom stereocenters. The number of amides is 1. The van der Waals surface area contributed by atoms with Crippen molar-refractivity contribution >= 4 is 5.91 Å². The molecule has 4 nitrogen and oxygen atoms in total. The SMILES string of the molecule is COc1ccc(CN2C(=O)[C@@H](C(C)C)C=C[C@@H]2c2ccccc2)c(OC)c1. The van der Waals surface area contributed by atoms with Crippen LogP contribution in [0.2, 0.25) is 0 Å². The molecule has 3 rings (SSSR count). The first kappa shape index (κ1) is 19.0. The van der Waals surface area contributed by atoms with Crippen molar-refractivity contribution in [1.82, 2.24) is 4.90 Å². The Kier molecular flexibility index (Phi) is 5.84. The van der Waals surface area contributed by atoms with Crippen molar-refractivity contribution in [1.29, 1.82) is 0 Å². The van der Waals surface area contributed by atoms with Gasteiger partial charge in [0.2, 0.25) is 5.91 Å². The van der Waals surface area contributed by atoms with E-state index in [9.17, 15) is 4.79 Å². The summed E-state index contributed by atoms with van der Waals surface area (Å²) < 4.78 is 10.8. The maximum absolute atomic E-state index is 13.3. The molecule has 0 aliphatic carbocycles. The second kappa shape index (κ2) is 8.30. The highest BCUT2D eigenvalue weighted by Gasteiger charge is 2.34. The fraction of sp³-hybridized carbons (Fsp3) is 0.348. The fourth-order valence-corrected chi connectivity index (χ4v) is 3.53. The van der Waals surface area contributed by atoms with Crippen LogP contribution in [-0.4, -0.2) is 25.0 Å². The van der Waals surface area contributed by atoms with Gasteiger partial charge in [0.05, 0.1) is 32.7 Å². The minimum absolute atomic E-state index is 0.0829. The summed E-state index contributed by atoms with van der Waals surface area (Å²) in [7, 11) is 3.27. The second-order valence-electron chi connectivity index (χ2n) is 7.15. The number of methoxy groups -OCH3 is 2. The van der Waals surface area contributed by atoms with E-state index in [-0.39, 0.29) is 23.8 Å². The molecule has 0 spiro atoms. The number of hydrogen-bond donors (Lipinski definition) is 0. The summed E-state index contributed by atoms with van der Waals surface area (Å²) in [6, 6.07) is 15.8. The normalized spacial score (nSPS) is 19.4. The van der Waals surface area contributed by atoms with Gasteiger partial charge in [0.25, 0.3) is 0 Å². The topological polar surface area (TPSA) is 38.8 Å². The van der Waals surface area contributed by atoms with E-state index in [0.29, 0.717) is 6.54 Å². The Morgan fingerprint density at radius 2 is 1.74 bits per heavy atom. The van der Waals surface area contributed by atoms with Crippen LogP contribution >= 0.6 is 0 Å². The molecule has 142 valence electrons. The van der Waals surface area contributed by atoms with Crippen LogP contribution in [0.15, 0.2) is 60.7 Å². The Hall–Kier alpha value is -2.75. The van der Waals surface area contributed by atoms with E-state index in [1.165, 1.54) is 0 Å². The van der Waals surface area contributed by atoms with Crippen molar-refractivity contribution in [3.8, 4) is 11.5 Å². The Labute approximate surface area is 161 Å². The second-order valence-corrected chi connectivity index (χ2v) is 7.15. The van der Waals surface area contributed by atoms with Crippen LogP contribution in [0.4, 0.5) is 0 Å². The van der Waals surface area contributed by atoms with Crippen molar-refractivity contribution in [2.24, 2.45) is 11.8 Å². The Bertz CT molecular complexity index is 814. The lowest BCUT2D eigenvalue weighted by Crippen LogP contribution is -2.42. The molecular weight excluding hydrogens is 338 g/mol. The van der Waals surface area contributed by atoms with Crippen molar-refractivity contribution in [2.75, 3.05) is 14.2 Å². The van der Waals surface area contributed by atoms with E-state index in [4.69, 9.17) is 9.47 Å². The average Bonchev–Trinajstić information content (AvgIpc) is 2.70. The molecule has 0 bridgehead atoms. The number of hydrogen-bond acceptors (Lipinski definition) is 3. The third-order valence-electron chi connectivity index (χ3n) is 5.10. The Morgan fingerprint density at radius 1 is 1.00 bits per heavy atom. The lowest BCUT2D eigenvalue weighted by molar-refractivity contribution is -0.138. The van der Waals surface area contributed by atoms with Gasteiger partial charge in [-0.3, -0.25) is 4.79 Å². The number of ether oxygens (including phenoxy) is 2. The summed E-state index contributed by atoms with van der Waals surface area (Å²) in [5.74, 6) is 1.77. The van der Waals surface area contributed by atoms with E-state index in [2.05, 4.69) is 38.1 Å². The summed E-state index contributed by atoms with van der Waals surface area (Å²) in [5.41, 5.74) is 2.07. The molecule has 2 aromatic rings. The molecule has 27 heavy (non-hydrogen) atoms. The van der Waals surface area contributed by atoms with Gasteiger partial charge in [0.1, 0.15) is 11.5 Å². The van der Waals surface area contributed by atoms with Gasteiger partial charge in [-0.25, -0.2) is 0 Å². The first-order valence-electron chi connectivity index (χ1n) is 9.29. The van der Waals surface area contributed by atoms with Crippen LogP contribution in [0.1, 0.15) is 31.0 Å². The predicted octanol–water partition coefficient (Wildman–Crippen LogP) is 4.62. The first-order valence-corrected chi connectivity index (χ1v) is 9.29. The molecule has 4 heteroatoms. The average molecular weight is 365 g/mol. The van der Waals surface area contributed by atoms with Gasteiger partial charge in [-0.05, 0) is 23.6 Å². The van der Waals surface area contributed by atoms with Crippen molar-refractivity contribution in [2.45, 2.75) is 26.4 Å². The van der Waals surface area contributed by atoms with Gasteiger partial charge >= 0.3 is 0 Å². The highest BCUT2D eigenvalue weighted by molar-refractivity contribution is 5.83.